The number of anilines is 1. The first-order valence-electron chi connectivity index (χ1n) is 9.23. The van der Waals surface area contributed by atoms with Gasteiger partial charge in [0.2, 0.25) is 0 Å². The molecular weight excluding hydrogens is 408 g/mol. The molecule has 0 amide bonds. The van der Waals surface area contributed by atoms with Gasteiger partial charge in [0.05, 0.1) is 40.2 Å². The summed E-state index contributed by atoms with van der Waals surface area (Å²) < 4.78 is 24.2. The highest BCUT2D eigenvalue weighted by molar-refractivity contribution is 8.13. The van der Waals surface area contributed by atoms with Crippen LogP contribution in [0.1, 0.15) is 5.82 Å². The molecule has 2 unspecified atom stereocenters. The van der Waals surface area contributed by atoms with Gasteiger partial charge < -0.3 is 9.88 Å². The molecule has 2 aromatic carbocycles. The Labute approximate surface area is 171 Å². The largest absolute Gasteiger partial charge is 0.315 e. The maximum atomic E-state index is 12.3. The zero-order valence-electron chi connectivity index (χ0n) is 15.4. The van der Waals surface area contributed by atoms with E-state index in [1.54, 1.807) is 6.07 Å². The molecule has 1 saturated heterocycles. The molecule has 0 bridgehead atoms. The first-order valence-corrected chi connectivity index (χ1v) is 12.0. The van der Waals surface area contributed by atoms with E-state index in [9.17, 15) is 13.2 Å². The minimum atomic E-state index is -3.08. The third kappa shape index (κ3) is 3.44. The topological polar surface area (TPSA) is 95.5 Å². The molecule has 2 aliphatic heterocycles. The molecule has 3 heterocycles. The number of amidine groups is 1. The number of nitrogens with zero attached hydrogens (tertiary/aromatic N) is 3. The lowest BCUT2D eigenvalue weighted by Crippen LogP contribution is -2.39. The van der Waals surface area contributed by atoms with Gasteiger partial charge in [-0.15, -0.1) is 0 Å². The Morgan fingerprint density at radius 3 is 2.66 bits per heavy atom. The van der Waals surface area contributed by atoms with Gasteiger partial charge in [-0.3, -0.25) is 9.79 Å². The maximum absolute atomic E-state index is 12.3. The minimum absolute atomic E-state index is 0.0795. The standard InChI is InChI=1S/C20H18N4O3S2/c25-19-14-8-4-5-9-15(14)21-18(23-19)10-28-20-22-16-11-29(26,27)12-17(16)24(20)13-6-2-1-3-7-13/h1-9,16-17H,10-12H2,(H,21,23,25). The summed E-state index contributed by atoms with van der Waals surface area (Å²) in [7, 11) is -3.08. The van der Waals surface area contributed by atoms with E-state index in [0.717, 1.165) is 10.9 Å². The Balaban J connectivity index is 1.44. The van der Waals surface area contributed by atoms with E-state index in [-0.39, 0.29) is 29.1 Å². The summed E-state index contributed by atoms with van der Waals surface area (Å²) in [5.41, 5.74) is 1.41. The predicted molar refractivity (Wildman–Crippen MR) is 116 cm³/mol. The van der Waals surface area contributed by atoms with Crippen LogP contribution in [0.25, 0.3) is 10.9 Å². The number of thioether (sulfide) groups is 1. The molecule has 0 aliphatic carbocycles. The lowest BCUT2D eigenvalue weighted by atomic mass is 10.1. The van der Waals surface area contributed by atoms with Crippen LogP contribution in [-0.2, 0) is 15.6 Å². The van der Waals surface area contributed by atoms with Crippen molar-refractivity contribution in [3.63, 3.8) is 0 Å². The number of aromatic nitrogens is 2. The maximum Gasteiger partial charge on any atom is 0.258 e. The Morgan fingerprint density at radius 1 is 1.07 bits per heavy atom. The van der Waals surface area contributed by atoms with Crippen molar-refractivity contribution in [2.24, 2.45) is 4.99 Å². The van der Waals surface area contributed by atoms with Gasteiger partial charge in [-0.25, -0.2) is 13.4 Å². The molecule has 9 heteroatoms. The molecule has 2 atom stereocenters. The van der Waals surface area contributed by atoms with Crippen LogP contribution in [0.5, 0.6) is 0 Å². The zero-order chi connectivity index (χ0) is 20.0. The molecule has 148 valence electrons. The normalized spacial score (nSPS) is 22.6. The van der Waals surface area contributed by atoms with Gasteiger partial charge in [-0.1, -0.05) is 42.1 Å². The SMILES string of the molecule is O=c1[nH]c(CSC2=NC3CS(=O)(=O)CC3N2c2ccccc2)nc2ccccc12. The fourth-order valence-electron chi connectivity index (χ4n) is 3.86. The molecular formula is C20H18N4O3S2. The van der Waals surface area contributed by atoms with E-state index in [1.165, 1.54) is 11.8 Å². The number of nitrogens with one attached hydrogen (secondary N) is 1. The summed E-state index contributed by atoms with van der Waals surface area (Å²) in [4.78, 5) is 26.4. The van der Waals surface area contributed by atoms with Crippen molar-refractivity contribution in [1.82, 2.24) is 9.97 Å². The molecule has 5 rings (SSSR count). The van der Waals surface area contributed by atoms with Crippen LogP contribution in [0, 0.1) is 0 Å². The fraction of sp³-hybridized carbons (Fsp3) is 0.250. The molecule has 7 nitrogen and oxygen atoms in total. The van der Waals surface area contributed by atoms with Crippen LogP contribution in [0.2, 0.25) is 0 Å². The van der Waals surface area contributed by atoms with E-state index in [2.05, 4.69) is 9.97 Å². The minimum Gasteiger partial charge on any atom is -0.315 e. The molecule has 0 spiro atoms. The van der Waals surface area contributed by atoms with Crippen LogP contribution >= 0.6 is 11.8 Å². The number of benzene rings is 2. The summed E-state index contributed by atoms with van der Waals surface area (Å²) in [5.74, 6) is 1.19. The van der Waals surface area contributed by atoms with E-state index < -0.39 is 9.84 Å². The van der Waals surface area contributed by atoms with Gasteiger partial charge in [0.15, 0.2) is 15.0 Å². The summed E-state index contributed by atoms with van der Waals surface area (Å²) in [5, 5.41) is 1.32. The van der Waals surface area contributed by atoms with Crippen molar-refractivity contribution in [3.05, 3.63) is 70.8 Å². The van der Waals surface area contributed by atoms with E-state index in [0.29, 0.717) is 22.5 Å². The quantitative estimate of drug-likeness (QED) is 0.690. The highest BCUT2D eigenvalue weighted by atomic mass is 32.2. The lowest BCUT2D eigenvalue weighted by Gasteiger charge is -2.26. The number of hydrogen-bond donors (Lipinski definition) is 1. The summed E-state index contributed by atoms with van der Waals surface area (Å²) >= 11 is 1.46. The number of aromatic amines is 1. The number of rotatable bonds is 3. The summed E-state index contributed by atoms with van der Waals surface area (Å²) in [6.07, 6.45) is 0. The zero-order valence-corrected chi connectivity index (χ0v) is 17.0. The molecule has 1 fully saturated rings. The van der Waals surface area contributed by atoms with Crippen molar-refractivity contribution in [2.75, 3.05) is 16.4 Å². The first-order chi connectivity index (χ1) is 14.0. The van der Waals surface area contributed by atoms with Crippen molar-refractivity contribution in [2.45, 2.75) is 17.8 Å². The number of H-pyrrole nitrogens is 1. The Hall–Kier alpha value is -2.65. The second-order valence-corrected chi connectivity index (χ2v) is 10.2. The van der Waals surface area contributed by atoms with Gasteiger partial charge in [0.25, 0.3) is 5.56 Å². The van der Waals surface area contributed by atoms with Gasteiger partial charge >= 0.3 is 0 Å². The third-order valence-corrected chi connectivity index (χ3v) is 7.82. The van der Waals surface area contributed by atoms with E-state index in [1.807, 2.05) is 53.4 Å². The average molecular weight is 427 g/mol. The number of aliphatic imine (C=N–C) groups is 1. The number of hydrogen-bond acceptors (Lipinski definition) is 7. The average Bonchev–Trinajstić information content (AvgIpc) is 3.18. The van der Waals surface area contributed by atoms with Crippen LogP contribution in [0.15, 0.2) is 64.4 Å². The Kier molecular flexibility index (Phi) is 4.44. The lowest BCUT2D eigenvalue weighted by molar-refractivity contribution is 0.601. The van der Waals surface area contributed by atoms with Gasteiger partial charge in [0, 0.05) is 5.69 Å². The van der Waals surface area contributed by atoms with E-state index >= 15 is 0 Å². The number of para-hydroxylation sites is 2. The van der Waals surface area contributed by atoms with E-state index in [4.69, 9.17) is 4.99 Å². The number of sulfone groups is 1. The molecule has 1 aromatic heterocycles. The first kappa shape index (κ1) is 18.4. The molecule has 0 saturated carbocycles. The van der Waals surface area contributed by atoms with Gasteiger partial charge in [-0.2, -0.15) is 0 Å². The molecule has 29 heavy (non-hydrogen) atoms. The van der Waals surface area contributed by atoms with Crippen molar-refractivity contribution in [3.8, 4) is 0 Å². The highest BCUT2D eigenvalue weighted by Crippen LogP contribution is 2.35. The third-order valence-electron chi connectivity index (χ3n) is 5.14. The van der Waals surface area contributed by atoms with Crippen molar-refractivity contribution in [1.29, 1.82) is 0 Å². The fourth-order valence-corrected chi connectivity index (χ4v) is 6.70. The van der Waals surface area contributed by atoms with Crippen molar-refractivity contribution < 1.29 is 8.42 Å². The van der Waals surface area contributed by atoms with Crippen LogP contribution < -0.4 is 10.5 Å². The Morgan fingerprint density at radius 2 is 1.83 bits per heavy atom. The highest BCUT2D eigenvalue weighted by Gasteiger charge is 2.47. The monoisotopic (exact) mass is 426 g/mol. The van der Waals surface area contributed by atoms with Gasteiger partial charge in [-0.05, 0) is 24.3 Å². The second kappa shape index (κ2) is 7.00. The number of fused-ring (bicyclic) bond motifs is 2. The second-order valence-electron chi connectivity index (χ2n) is 7.15. The summed E-state index contributed by atoms with van der Waals surface area (Å²) in [6, 6.07) is 16.5. The molecule has 3 aromatic rings. The van der Waals surface area contributed by atoms with Crippen molar-refractivity contribution >= 4 is 43.4 Å². The van der Waals surface area contributed by atoms with Crippen LogP contribution in [0.4, 0.5) is 5.69 Å². The predicted octanol–water partition coefficient (Wildman–Crippen LogP) is 2.20. The smallest absolute Gasteiger partial charge is 0.258 e. The van der Waals surface area contributed by atoms with Crippen LogP contribution in [-0.4, -0.2) is 47.1 Å². The molecule has 1 N–H and O–H groups in total. The molecule has 2 aliphatic rings. The Bertz CT molecular complexity index is 1270. The molecule has 0 radical (unpaired) electrons. The van der Waals surface area contributed by atoms with Crippen LogP contribution in [0.3, 0.4) is 0 Å². The van der Waals surface area contributed by atoms with Gasteiger partial charge in [0.1, 0.15) is 5.82 Å². The summed E-state index contributed by atoms with van der Waals surface area (Å²) in [6.45, 7) is 0.